The topological polar surface area (TPSA) is 71.1 Å². The summed E-state index contributed by atoms with van der Waals surface area (Å²) in [4.78, 5) is 29.3. The Bertz CT molecular complexity index is 978. The van der Waals surface area contributed by atoms with Crippen LogP contribution in [0.2, 0.25) is 0 Å². The van der Waals surface area contributed by atoms with Crippen molar-refractivity contribution in [2.45, 2.75) is 38.0 Å². The quantitative estimate of drug-likeness (QED) is 0.615. The minimum absolute atomic E-state index is 0.104. The molecule has 0 bridgehead atoms. The molecule has 1 saturated heterocycles. The maximum atomic E-state index is 12.8. The van der Waals surface area contributed by atoms with Crippen LogP contribution in [0.3, 0.4) is 0 Å². The summed E-state index contributed by atoms with van der Waals surface area (Å²) in [6.45, 7) is 3.47. The molecule has 34 heavy (non-hydrogen) atoms. The third-order valence-corrected chi connectivity index (χ3v) is 6.86. The summed E-state index contributed by atoms with van der Waals surface area (Å²) in [5.74, 6) is 0.613. The van der Waals surface area contributed by atoms with Gasteiger partial charge in [0.15, 0.2) is 6.61 Å². The number of amides is 1. The summed E-state index contributed by atoms with van der Waals surface area (Å²) in [7, 11) is 3.45. The number of benzene rings is 2. The Kier molecular flexibility index (Phi) is 8.06. The minimum Gasteiger partial charge on any atom is -0.484 e. The predicted octanol–water partition coefficient (Wildman–Crippen LogP) is 4.29. The Balaban J connectivity index is 1.40. The number of anilines is 2. The van der Waals surface area contributed by atoms with Gasteiger partial charge in [0.1, 0.15) is 5.75 Å². The molecular weight excluding hydrogens is 430 g/mol. The van der Waals surface area contributed by atoms with Gasteiger partial charge in [-0.05, 0) is 61.7 Å². The van der Waals surface area contributed by atoms with Crippen LogP contribution in [0.15, 0.2) is 42.5 Å². The molecule has 2 aromatic rings. The second kappa shape index (κ2) is 11.4. The van der Waals surface area contributed by atoms with Crippen molar-refractivity contribution in [2.75, 3.05) is 57.2 Å². The van der Waals surface area contributed by atoms with Crippen LogP contribution < -0.4 is 15.0 Å². The molecule has 2 aliphatic rings. The zero-order chi connectivity index (χ0) is 23.9. The van der Waals surface area contributed by atoms with Crippen molar-refractivity contribution in [3.63, 3.8) is 0 Å². The number of hydrogen-bond donors (Lipinski definition) is 1. The van der Waals surface area contributed by atoms with Gasteiger partial charge < -0.3 is 24.6 Å². The summed E-state index contributed by atoms with van der Waals surface area (Å²) in [5.41, 5.74) is 3.24. The van der Waals surface area contributed by atoms with E-state index in [-0.39, 0.29) is 12.5 Å². The molecule has 0 atom stereocenters. The Morgan fingerprint density at radius 2 is 1.68 bits per heavy atom. The summed E-state index contributed by atoms with van der Waals surface area (Å²) in [6, 6.07) is 13.4. The zero-order valence-electron chi connectivity index (χ0n) is 20.2. The highest BCUT2D eigenvalue weighted by Gasteiger charge is 2.20. The van der Waals surface area contributed by atoms with Crippen molar-refractivity contribution in [1.29, 1.82) is 0 Å². The molecule has 7 heteroatoms. The Morgan fingerprint density at radius 3 is 2.35 bits per heavy atom. The van der Waals surface area contributed by atoms with E-state index >= 15 is 0 Å². The van der Waals surface area contributed by atoms with Crippen molar-refractivity contribution in [3.05, 3.63) is 53.6 Å². The first-order valence-electron chi connectivity index (χ1n) is 12.2. The van der Waals surface area contributed by atoms with Gasteiger partial charge in [-0.3, -0.25) is 4.79 Å². The molecule has 1 aliphatic carbocycles. The smallest absolute Gasteiger partial charge is 0.337 e. The normalized spacial score (nSPS) is 17.3. The largest absolute Gasteiger partial charge is 0.484 e. The number of piperazine rings is 1. The van der Waals surface area contributed by atoms with E-state index in [9.17, 15) is 9.59 Å². The number of rotatable bonds is 7. The molecule has 2 fully saturated rings. The van der Waals surface area contributed by atoms with Crippen LogP contribution >= 0.6 is 0 Å². The van der Waals surface area contributed by atoms with Gasteiger partial charge in [-0.1, -0.05) is 31.4 Å². The maximum absolute atomic E-state index is 12.8. The molecule has 182 valence electrons. The second-order valence-electron chi connectivity index (χ2n) is 9.25. The van der Waals surface area contributed by atoms with Gasteiger partial charge in [0, 0.05) is 26.2 Å². The van der Waals surface area contributed by atoms with Gasteiger partial charge in [0.05, 0.1) is 24.0 Å². The van der Waals surface area contributed by atoms with Gasteiger partial charge >= 0.3 is 5.97 Å². The van der Waals surface area contributed by atoms with Crippen molar-refractivity contribution in [2.24, 2.45) is 0 Å². The van der Waals surface area contributed by atoms with Crippen molar-refractivity contribution in [3.8, 4) is 5.75 Å². The molecule has 0 unspecified atom stereocenters. The molecule has 0 radical (unpaired) electrons. The highest BCUT2D eigenvalue weighted by molar-refractivity contribution is 5.98. The molecule has 0 aromatic heterocycles. The molecule has 1 saturated carbocycles. The van der Waals surface area contributed by atoms with E-state index in [0.717, 1.165) is 31.9 Å². The SMILES string of the molecule is COC(=O)c1ccc(N2CCN(C)CC2)c(NC(=O)COc2ccc(C3CCCCC3)cc2)c1. The number of esters is 1. The van der Waals surface area contributed by atoms with Crippen molar-refractivity contribution >= 4 is 23.3 Å². The lowest BCUT2D eigenvalue weighted by Crippen LogP contribution is -2.44. The molecular formula is C27H35N3O4. The van der Waals surface area contributed by atoms with Gasteiger partial charge in [-0.15, -0.1) is 0 Å². The molecule has 0 spiro atoms. The average Bonchev–Trinajstić information content (AvgIpc) is 2.88. The van der Waals surface area contributed by atoms with E-state index in [2.05, 4.69) is 34.3 Å². The fraction of sp³-hybridized carbons (Fsp3) is 0.481. The van der Waals surface area contributed by atoms with Gasteiger partial charge in [-0.25, -0.2) is 4.79 Å². The van der Waals surface area contributed by atoms with E-state index < -0.39 is 5.97 Å². The number of methoxy groups -OCH3 is 1. The molecule has 1 N–H and O–H groups in total. The molecule has 1 amide bonds. The highest BCUT2D eigenvalue weighted by atomic mass is 16.5. The summed E-state index contributed by atoms with van der Waals surface area (Å²) in [5, 5.41) is 2.94. The lowest BCUT2D eigenvalue weighted by atomic mass is 9.84. The van der Waals surface area contributed by atoms with E-state index in [4.69, 9.17) is 9.47 Å². The third kappa shape index (κ3) is 6.08. The number of ether oxygens (including phenoxy) is 2. The Labute approximate surface area is 202 Å². The van der Waals surface area contributed by atoms with Crippen LogP contribution in [0.25, 0.3) is 0 Å². The average molecular weight is 466 g/mol. The van der Waals surface area contributed by atoms with Gasteiger partial charge in [0.25, 0.3) is 5.91 Å². The Morgan fingerprint density at radius 1 is 0.971 bits per heavy atom. The number of nitrogens with one attached hydrogen (secondary N) is 1. The molecule has 1 aliphatic heterocycles. The number of carbonyl (C=O) groups excluding carboxylic acids is 2. The molecule has 1 heterocycles. The maximum Gasteiger partial charge on any atom is 0.337 e. The van der Waals surface area contributed by atoms with E-state index in [1.165, 1.54) is 44.8 Å². The zero-order valence-corrected chi connectivity index (χ0v) is 20.2. The number of nitrogens with zero attached hydrogens (tertiary/aromatic N) is 2. The van der Waals surface area contributed by atoms with Crippen molar-refractivity contribution < 1.29 is 19.1 Å². The summed E-state index contributed by atoms with van der Waals surface area (Å²) in [6.07, 6.45) is 6.45. The van der Waals surface area contributed by atoms with Crippen molar-refractivity contribution in [1.82, 2.24) is 4.90 Å². The van der Waals surface area contributed by atoms with Gasteiger partial charge in [-0.2, -0.15) is 0 Å². The van der Waals surface area contributed by atoms with Crippen LogP contribution in [-0.2, 0) is 9.53 Å². The van der Waals surface area contributed by atoms with E-state index in [0.29, 0.717) is 22.9 Å². The third-order valence-electron chi connectivity index (χ3n) is 6.86. The van der Waals surface area contributed by atoms with E-state index in [1.54, 1.807) is 12.1 Å². The standard InChI is InChI=1S/C27H35N3O4/c1-29-14-16-30(17-15-29)25-13-10-22(27(32)33-2)18-24(25)28-26(31)19-34-23-11-8-21(9-12-23)20-6-4-3-5-7-20/h8-13,18,20H,3-7,14-17,19H2,1-2H3,(H,28,31). The Hall–Kier alpha value is -3.06. The fourth-order valence-electron chi connectivity index (χ4n) is 4.81. The lowest BCUT2D eigenvalue weighted by Gasteiger charge is -2.35. The molecule has 2 aromatic carbocycles. The van der Waals surface area contributed by atoms with Crippen LogP contribution in [0, 0.1) is 0 Å². The summed E-state index contributed by atoms with van der Waals surface area (Å²) < 4.78 is 10.6. The molecule has 7 nitrogen and oxygen atoms in total. The van der Waals surface area contributed by atoms with Crippen LogP contribution in [0.4, 0.5) is 11.4 Å². The minimum atomic E-state index is -0.435. The first-order valence-corrected chi connectivity index (χ1v) is 12.2. The fourth-order valence-corrected chi connectivity index (χ4v) is 4.81. The predicted molar refractivity (Wildman–Crippen MR) is 134 cm³/mol. The van der Waals surface area contributed by atoms with Gasteiger partial charge in [0.2, 0.25) is 0 Å². The number of hydrogen-bond acceptors (Lipinski definition) is 6. The highest BCUT2D eigenvalue weighted by Crippen LogP contribution is 2.33. The van der Waals surface area contributed by atoms with Crippen LogP contribution in [0.5, 0.6) is 5.75 Å². The van der Waals surface area contributed by atoms with Crippen LogP contribution in [-0.4, -0.2) is 63.7 Å². The first kappa shape index (κ1) is 24.1. The monoisotopic (exact) mass is 465 g/mol. The second-order valence-corrected chi connectivity index (χ2v) is 9.25. The molecule has 4 rings (SSSR count). The summed E-state index contributed by atoms with van der Waals surface area (Å²) >= 11 is 0. The first-order chi connectivity index (χ1) is 16.5. The van der Waals surface area contributed by atoms with Crippen LogP contribution in [0.1, 0.15) is 53.9 Å². The number of likely N-dealkylation sites (N-methyl/N-ethyl adjacent to an activating group) is 1. The number of carbonyl (C=O) groups is 2. The lowest BCUT2D eigenvalue weighted by molar-refractivity contribution is -0.118. The van der Waals surface area contributed by atoms with E-state index in [1.807, 2.05) is 18.2 Å².